The Kier molecular flexibility index (Phi) is 4.58. The summed E-state index contributed by atoms with van der Waals surface area (Å²) in [4.78, 5) is 2.51. The van der Waals surface area contributed by atoms with Crippen molar-refractivity contribution in [3.05, 3.63) is 0 Å². The fraction of sp³-hybridized carbons (Fsp3) is 1.00. The van der Waals surface area contributed by atoms with Crippen molar-refractivity contribution in [1.29, 1.82) is 0 Å². The van der Waals surface area contributed by atoms with Crippen molar-refractivity contribution in [1.82, 2.24) is 4.90 Å². The molecule has 3 unspecified atom stereocenters. The van der Waals surface area contributed by atoms with Crippen molar-refractivity contribution in [3.63, 3.8) is 0 Å². The Morgan fingerprint density at radius 3 is 2.94 bits per heavy atom. The molecule has 3 atom stereocenters. The lowest BCUT2D eigenvalue weighted by atomic mass is 9.87. The van der Waals surface area contributed by atoms with Crippen molar-refractivity contribution in [2.24, 2.45) is 17.6 Å². The molecule has 0 radical (unpaired) electrons. The fourth-order valence-electron chi connectivity index (χ4n) is 2.63. The van der Waals surface area contributed by atoms with E-state index in [1.165, 1.54) is 13.0 Å². The molecule has 0 bridgehead atoms. The largest absolute Gasteiger partial charge is 0.355 e. The van der Waals surface area contributed by atoms with Crippen LogP contribution in [0.5, 0.6) is 0 Å². The molecule has 0 aromatic rings. The summed E-state index contributed by atoms with van der Waals surface area (Å²) in [5.41, 5.74) is 5.81. The number of nitrogens with two attached hydrogens (primary N) is 1. The summed E-state index contributed by atoms with van der Waals surface area (Å²) in [6.07, 6.45) is 2.66. The molecule has 0 aromatic carbocycles. The minimum atomic E-state index is 0.362. The van der Waals surface area contributed by atoms with Gasteiger partial charge in [-0.3, -0.25) is 0 Å². The van der Waals surface area contributed by atoms with Gasteiger partial charge in [-0.1, -0.05) is 6.92 Å². The lowest BCUT2D eigenvalue weighted by Crippen LogP contribution is -2.46. The lowest BCUT2D eigenvalue weighted by Gasteiger charge is -2.38. The van der Waals surface area contributed by atoms with E-state index in [4.69, 9.17) is 15.2 Å². The monoisotopic (exact) mass is 228 g/mol. The summed E-state index contributed by atoms with van der Waals surface area (Å²) in [5, 5.41) is 0. The predicted molar refractivity (Wildman–Crippen MR) is 63.1 cm³/mol. The molecule has 0 aliphatic carbocycles. The van der Waals surface area contributed by atoms with E-state index in [1.54, 1.807) is 0 Å². The summed E-state index contributed by atoms with van der Waals surface area (Å²) >= 11 is 0. The van der Waals surface area contributed by atoms with Crippen LogP contribution in [0, 0.1) is 11.8 Å². The van der Waals surface area contributed by atoms with Crippen molar-refractivity contribution in [2.45, 2.75) is 25.9 Å². The Balaban J connectivity index is 1.76. The molecule has 0 aromatic heterocycles. The molecule has 94 valence electrons. The number of rotatable bonds is 3. The van der Waals surface area contributed by atoms with Crippen LogP contribution in [0.1, 0.15) is 19.8 Å². The summed E-state index contributed by atoms with van der Waals surface area (Å²) in [6.45, 7) is 7.82. The van der Waals surface area contributed by atoms with Crippen molar-refractivity contribution in [2.75, 3.05) is 39.6 Å². The number of hydrogen-bond acceptors (Lipinski definition) is 4. The first-order valence-electron chi connectivity index (χ1n) is 6.41. The van der Waals surface area contributed by atoms with E-state index < -0.39 is 0 Å². The second-order valence-electron chi connectivity index (χ2n) is 5.12. The fourth-order valence-corrected chi connectivity index (χ4v) is 2.63. The van der Waals surface area contributed by atoms with Gasteiger partial charge in [-0.05, 0) is 37.8 Å². The summed E-state index contributed by atoms with van der Waals surface area (Å²) in [6, 6.07) is 0. The van der Waals surface area contributed by atoms with Crippen LogP contribution < -0.4 is 5.73 Å². The quantitative estimate of drug-likeness (QED) is 0.771. The van der Waals surface area contributed by atoms with E-state index in [-0.39, 0.29) is 0 Å². The maximum atomic E-state index is 5.81. The van der Waals surface area contributed by atoms with Crippen LogP contribution >= 0.6 is 0 Å². The van der Waals surface area contributed by atoms with E-state index in [2.05, 4.69) is 11.8 Å². The zero-order chi connectivity index (χ0) is 11.4. The smallest absolute Gasteiger partial charge is 0.147 e. The van der Waals surface area contributed by atoms with Crippen LogP contribution in [0.25, 0.3) is 0 Å². The third kappa shape index (κ3) is 3.17. The van der Waals surface area contributed by atoms with Gasteiger partial charge in [0.1, 0.15) is 6.79 Å². The maximum Gasteiger partial charge on any atom is 0.147 e. The average Bonchev–Trinajstić information content (AvgIpc) is 2.33. The number of piperidine rings is 1. The SMILES string of the molecule is CC1CCN(CC2CCOCO2)CC1CN. The number of nitrogens with zero attached hydrogens (tertiary/aromatic N) is 1. The third-order valence-corrected chi connectivity index (χ3v) is 3.93. The molecule has 0 amide bonds. The van der Waals surface area contributed by atoms with Gasteiger partial charge in [-0.2, -0.15) is 0 Å². The zero-order valence-corrected chi connectivity index (χ0v) is 10.2. The van der Waals surface area contributed by atoms with Crippen LogP contribution in [-0.2, 0) is 9.47 Å². The molecule has 2 fully saturated rings. The molecule has 2 N–H and O–H groups in total. The second kappa shape index (κ2) is 5.96. The van der Waals surface area contributed by atoms with Gasteiger partial charge in [0, 0.05) is 13.1 Å². The summed E-state index contributed by atoms with van der Waals surface area (Å²) < 4.78 is 10.8. The highest BCUT2D eigenvalue weighted by molar-refractivity contribution is 4.80. The molecule has 2 rings (SSSR count). The summed E-state index contributed by atoms with van der Waals surface area (Å²) in [5.74, 6) is 1.44. The van der Waals surface area contributed by atoms with Gasteiger partial charge in [0.25, 0.3) is 0 Å². The van der Waals surface area contributed by atoms with Gasteiger partial charge in [0.15, 0.2) is 0 Å². The average molecular weight is 228 g/mol. The molecular weight excluding hydrogens is 204 g/mol. The van der Waals surface area contributed by atoms with Crippen molar-refractivity contribution >= 4 is 0 Å². The molecule has 0 spiro atoms. The predicted octanol–water partition coefficient (Wildman–Crippen LogP) is 0.666. The van der Waals surface area contributed by atoms with Gasteiger partial charge < -0.3 is 20.1 Å². The normalized spacial score (nSPS) is 37.5. The molecule has 16 heavy (non-hydrogen) atoms. The van der Waals surface area contributed by atoms with E-state index >= 15 is 0 Å². The van der Waals surface area contributed by atoms with Crippen LogP contribution in [0.3, 0.4) is 0 Å². The van der Waals surface area contributed by atoms with E-state index in [0.717, 1.165) is 38.6 Å². The maximum absolute atomic E-state index is 5.81. The Morgan fingerprint density at radius 1 is 1.38 bits per heavy atom. The molecular formula is C12H24N2O2. The van der Waals surface area contributed by atoms with E-state index in [1.807, 2.05) is 0 Å². The molecule has 2 aliphatic heterocycles. The minimum absolute atomic E-state index is 0.362. The topological polar surface area (TPSA) is 47.7 Å². The van der Waals surface area contributed by atoms with Gasteiger partial charge in [0.2, 0.25) is 0 Å². The van der Waals surface area contributed by atoms with Crippen LogP contribution in [0.2, 0.25) is 0 Å². The highest BCUT2D eigenvalue weighted by Gasteiger charge is 2.27. The Morgan fingerprint density at radius 2 is 2.25 bits per heavy atom. The van der Waals surface area contributed by atoms with Crippen molar-refractivity contribution < 1.29 is 9.47 Å². The van der Waals surface area contributed by atoms with Crippen LogP contribution in [-0.4, -0.2) is 50.6 Å². The van der Waals surface area contributed by atoms with Crippen molar-refractivity contribution in [3.8, 4) is 0 Å². The first kappa shape index (κ1) is 12.3. The molecule has 0 saturated carbocycles. The van der Waals surface area contributed by atoms with E-state index in [0.29, 0.717) is 18.8 Å². The van der Waals surface area contributed by atoms with Gasteiger partial charge >= 0.3 is 0 Å². The first-order chi connectivity index (χ1) is 7.79. The highest BCUT2D eigenvalue weighted by atomic mass is 16.7. The first-order valence-corrected chi connectivity index (χ1v) is 6.41. The Bertz CT molecular complexity index is 207. The van der Waals surface area contributed by atoms with Crippen LogP contribution in [0.15, 0.2) is 0 Å². The Labute approximate surface area is 98.1 Å². The molecule has 2 saturated heterocycles. The number of ether oxygens (including phenoxy) is 2. The number of likely N-dealkylation sites (tertiary alicyclic amines) is 1. The third-order valence-electron chi connectivity index (χ3n) is 3.93. The van der Waals surface area contributed by atoms with Crippen LogP contribution in [0.4, 0.5) is 0 Å². The lowest BCUT2D eigenvalue weighted by molar-refractivity contribution is -0.146. The minimum Gasteiger partial charge on any atom is -0.355 e. The zero-order valence-electron chi connectivity index (χ0n) is 10.2. The molecule has 4 nitrogen and oxygen atoms in total. The van der Waals surface area contributed by atoms with E-state index in [9.17, 15) is 0 Å². The second-order valence-corrected chi connectivity index (χ2v) is 5.12. The van der Waals surface area contributed by atoms with Gasteiger partial charge in [-0.25, -0.2) is 0 Å². The highest BCUT2D eigenvalue weighted by Crippen LogP contribution is 2.23. The Hall–Kier alpha value is -0.160. The van der Waals surface area contributed by atoms with Gasteiger partial charge in [-0.15, -0.1) is 0 Å². The van der Waals surface area contributed by atoms with Gasteiger partial charge in [0.05, 0.1) is 12.7 Å². The molecule has 4 heteroatoms. The standard InChI is InChI=1S/C12H24N2O2/c1-10-2-4-14(7-11(10)6-13)8-12-3-5-15-9-16-12/h10-12H,2-9,13H2,1H3. The molecule has 2 heterocycles. The summed E-state index contributed by atoms with van der Waals surface area (Å²) in [7, 11) is 0. The molecule has 2 aliphatic rings. The number of hydrogen-bond donors (Lipinski definition) is 1.